The van der Waals surface area contributed by atoms with Crippen molar-refractivity contribution in [3.63, 3.8) is 0 Å². The fourth-order valence-electron chi connectivity index (χ4n) is 3.43. The average Bonchev–Trinajstić information content (AvgIpc) is 3.35. The number of thiophene rings is 1. The maximum atomic E-state index is 12.5. The Balaban J connectivity index is 1.28. The average molecular weight is 369 g/mol. The maximum absolute atomic E-state index is 12.5. The molecule has 0 saturated carbocycles. The first-order valence-electron chi connectivity index (χ1n) is 8.92. The van der Waals surface area contributed by atoms with Crippen LogP contribution in [0.15, 0.2) is 41.2 Å². The number of amides is 2. The molecule has 1 aliphatic rings. The number of hydrogen-bond donors (Lipinski definition) is 2. The molecule has 6 nitrogen and oxygen atoms in total. The summed E-state index contributed by atoms with van der Waals surface area (Å²) in [5, 5.41) is 7.34. The molecule has 0 bridgehead atoms. The van der Waals surface area contributed by atoms with Crippen LogP contribution < -0.4 is 5.32 Å². The smallest absolute Gasteiger partial charge is 0.317 e. The molecule has 1 saturated heterocycles. The van der Waals surface area contributed by atoms with Crippen LogP contribution in [0, 0.1) is 0 Å². The highest BCUT2D eigenvalue weighted by Crippen LogP contribution is 2.23. The molecule has 1 unspecified atom stereocenters. The van der Waals surface area contributed by atoms with Gasteiger partial charge in [-0.15, -0.1) is 0 Å². The van der Waals surface area contributed by atoms with Crippen molar-refractivity contribution in [2.24, 2.45) is 0 Å². The summed E-state index contributed by atoms with van der Waals surface area (Å²) in [5.41, 5.74) is 4.25. The number of urea groups is 1. The molecule has 1 atom stereocenters. The molecule has 0 spiro atoms. The van der Waals surface area contributed by atoms with Gasteiger partial charge in [0.15, 0.2) is 0 Å². The van der Waals surface area contributed by atoms with E-state index in [0.29, 0.717) is 12.6 Å². The number of fused-ring (bicyclic) bond motifs is 1. The molecule has 4 rings (SSSR count). The zero-order valence-electron chi connectivity index (χ0n) is 14.8. The molecular weight excluding hydrogens is 346 g/mol. The molecule has 3 aromatic heterocycles. The number of H-pyrrole nitrogens is 1. The number of aromatic nitrogens is 2. The molecule has 136 valence electrons. The highest BCUT2D eigenvalue weighted by atomic mass is 32.1. The Morgan fingerprint density at radius 2 is 2.19 bits per heavy atom. The van der Waals surface area contributed by atoms with Gasteiger partial charge < -0.3 is 15.2 Å². The van der Waals surface area contributed by atoms with E-state index in [1.54, 1.807) is 17.5 Å². The molecule has 3 aromatic rings. The molecule has 26 heavy (non-hydrogen) atoms. The van der Waals surface area contributed by atoms with E-state index in [2.05, 4.69) is 43.9 Å². The monoisotopic (exact) mass is 369 g/mol. The second-order valence-corrected chi connectivity index (χ2v) is 7.43. The molecule has 1 fully saturated rings. The molecule has 0 aliphatic carbocycles. The van der Waals surface area contributed by atoms with Crippen molar-refractivity contribution in [2.45, 2.75) is 19.5 Å². The number of hydrogen-bond acceptors (Lipinski definition) is 4. The number of piperazine rings is 1. The number of aromatic amines is 1. The first-order chi connectivity index (χ1) is 12.7. The van der Waals surface area contributed by atoms with Crippen LogP contribution in [0.25, 0.3) is 11.0 Å². The molecule has 1 aliphatic heterocycles. The fraction of sp³-hybridized carbons (Fsp3) is 0.368. The van der Waals surface area contributed by atoms with E-state index >= 15 is 0 Å². The lowest BCUT2D eigenvalue weighted by Crippen LogP contribution is -2.52. The number of nitrogens with zero attached hydrogens (tertiary/aromatic N) is 3. The van der Waals surface area contributed by atoms with E-state index < -0.39 is 0 Å². The quantitative estimate of drug-likeness (QED) is 0.742. The molecule has 2 N–H and O–H groups in total. The Kier molecular flexibility index (Phi) is 4.90. The Morgan fingerprint density at radius 1 is 1.35 bits per heavy atom. The van der Waals surface area contributed by atoms with Gasteiger partial charge in [-0.3, -0.25) is 9.88 Å². The van der Waals surface area contributed by atoms with E-state index in [1.165, 1.54) is 5.56 Å². The summed E-state index contributed by atoms with van der Waals surface area (Å²) in [7, 11) is 0. The van der Waals surface area contributed by atoms with E-state index in [1.807, 2.05) is 23.1 Å². The van der Waals surface area contributed by atoms with Crippen molar-refractivity contribution < 1.29 is 4.79 Å². The van der Waals surface area contributed by atoms with Crippen LogP contribution in [0.5, 0.6) is 0 Å². The summed E-state index contributed by atoms with van der Waals surface area (Å²) in [6, 6.07) is 8.46. The lowest BCUT2D eigenvalue weighted by atomic mass is 10.1. The lowest BCUT2D eigenvalue weighted by molar-refractivity contribution is 0.114. The number of nitrogens with one attached hydrogen (secondary N) is 2. The Morgan fingerprint density at radius 3 is 2.92 bits per heavy atom. The summed E-state index contributed by atoms with van der Waals surface area (Å²) in [5.74, 6) is 0. The number of rotatable bonds is 4. The van der Waals surface area contributed by atoms with Crippen LogP contribution in [0.3, 0.4) is 0 Å². The lowest BCUT2D eigenvalue weighted by Gasteiger charge is -2.37. The Hall–Kier alpha value is -2.38. The van der Waals surface area contributed by atoms with Gasteiger partial charge in [0.25, 0.3) is 0 Å². The Labute approximate surface area is 156 Å². The third-order valence-electron chi connectivity index (χ3n) is 5.05. The predicted octanol–water partition coefficient (Wildman–Crippen LogP) is 3.21. The third kappa shape index (κ3) is 3.59. The van der Waals surface area contributed by atoms with Crippen molar-refractivity contribution in [1.29, 1.82) is 0 Å². The Bertz CT molecular complexity index is 834. The van der Waals surface area contributed by atoms with Crippen molar-refractivity contribution in [2.75, 3.05) is 26.2 Å². The summed E-state index contributed by atoms with van der Waals surface area (Å²) < 4.78 is 0. The number of carbonyl (C=O) groups excluding carboxylic acids is 1. The fourth-order valence-corrected chi connectivity index (χ4v) is 4.17. The van der Waals surface area contributed by atoms with E-state index in [4.69, 9.17) is 0 Å². The van der Waals surface area contributed by atoms with Crippen LogP contribution in [0.4, 0.5) is 4.79 Å². The zero-order valence-corrected chi connectivity index (χ0v) is 15.6. The van der Waals surface area contributed by atoms with Gasteiger partial charge in [0, 0.05) is 44.1 Å². The third-order valence-corrected chi connectivity index (χ3v) is 5.75. The highest BCUT2D eigenvalue weighted by molar-refractivity contribution is 7.07. The van der Waals surface area contributed by atoms with Crippen molar-refractivity contribution in [3.8, 4) is 0 Å². The summed E-state index contributed by atoms with van der Waals surface area (Å²) in [6.45, 7) is 6.05. The van der Waals surface area contributed by atoms with Gasteiger partial charge >= 0.3 is 6.03 Å². The zero-order chi connectivity index (χ0) is 17.9. The number of carbonyl (C=O) groups is 1. The highest BCUT2D eigenvalue weighted by Gasteiger charge is 2.24. The molecule has 0 radical (unpaired) electrons. The first-order valence-corrected chi connectivity index (χ1v) is 9.86. The summed E-state index contributed by atoms with van der Waals surface area (Å²) >= 11 is 1.73. The second kappa shape index (κ2) is 7.47. The maximum Gasteiger partial charge on any atom is 0.317 e. The number of pyridine rings is 1. The first kappa shape index (κ1) is 17.1. The minimum absolute atomic E-state index is 0.000508. The van der Waals surface area contributed by atoms with Gasteiger partial charge in [-0.2, -0.15) is 11.3 Å². The van der Waals surface area contributed by atoms with Crippen LogP contribution >= 0.6 is 11.3 Å². The van der Waals surface area contributed by atoms with Gasteiger partial charge in [0.2, 0.25) is 0 Å². The topological polar surface area (TPSA) is 64.3 Å². The van der Waals surface area contributed by atoms with Gasteiger partial charge in [0.1, 0.15) is 0 Å². The van der Waals surface area contributed by atoms with Gasteiger partial charge in [-0.1, -0.05) is 0 Å². The van der Waals surface area contributed by atoms with E-state index in [0.717, 1.165) is 42.9 Å². The van der Waals surface area contributed by atoms with Crippen molar-refractivity contribution in [3.05, 3.63) is 52.5 Å². The van der Waals surface area contributed by atoms with Crippen molar-refractivity contribution >= 4 is 28.4 Å². The van der Waals surface area contributed by atoms with Crippen LogP contribution in [0.1, 0.15) is 24.2 Å². The molecule has 2 amide bonds. The largest absolute Gasteiger partial charge is 0.356 e. The van der Waals surface area contributed by atoms with Gasteiger partial charge in [-0.25, -0.2) is 4.79 Å². The van der Waals surface area contributed by atoms with Crippen molar-refractivity contribution in [1.82, 2.24) is 25.1 Å². The molecule has 0 aromatic carbocycles. The van der Waals surface area contributed by atoms with Crippen LogP contribution in [-0.4, -0.2) is 52.0 Å². The molecule has 4 heterocycles. The van der Waals surface area contributed by atoms with Gasteiger partial charge in [-0.05, 0) is 47.5 Å². The summed E-state index contributed by atoms with van der Waals surface area (Å²) in [4.78, 5) is 24.4. The summed E-state index contributed by atoms with van der Waals surface area (Å²) in [6.07, 6.45) is 1.77. The van der Waals surface area contributed by atoms with E-state index in [-0.39, 0.29) is 6.03 Å². The van der Waals surface area contributed by atoms with E-state index in [9.17, 15) is 4.79 Å². The minimum atomic E-state index is -0.000508. The van der Waals surface area contributed by atoms with Crippen LogP contribution in [0.2, 0.25) is 0 Å². The minimum Gasteiger partial charge on any atom is -0.356 e. The predicted molar refractivity (Wildman–Crippen MR) is 104 cm³/mol. The molecular formula is C19H23N5OS. The normalized spacial score (nSPS) is 16.7. The molecule has 7 heteroatoms. The van der Waals surface area contributed by atoms with Crippen LogP contribution in [-0.2, 0) is 6.54 Å². The van der Waals surface area contributed by atoms with Gasteiger partial charge in [0.05, 0.1) is 17.6 Å². The second-order valence-electron chi connectivity index (χ2n) is 6.65. The SMILES string of the molecule is CC(c1ccsc1)N1CCN(C(=O)NCc2cc3ncccc3[nH]2)CC1. The standard InChI is InChI=1S/C19H23N5OS/c1-14(15-4-10-26-13-15)23-6-8-24(9-7-23)19(25)21-12-16-11-18-17(22-16)3-2-5-20-18/h2-5,10-11,13-14,22H,6-9,12H2,1H3,(H,21,25).